The predicted octanol–water partition coefficient (Wildman–Crippen LogP) is 3.12. The number of nitrogens with one attached hydrogen (secondary N) is 2. The first-order valence-corrected chi connectivity index (χ1v) is 9.76. The highest BCUT2D eigenvalue weighted by molar-refractivity contribution is 5.93. The summed E-state index contributed by atoms with van der Waals surface area (Å²) in [5, 5.41) is 5.50. The third-order valence-electron chi connectivity index (χ3n) is 4.84. The quantitative estimate of drug-likeness (QED) is 0.712. The first-order valence-electron chi connectivity index (χ1n) is 9.76. The number of nitrogens with zero attached hydrogens (tertiary/aromatic N) is 1. The number of hydrogen-bond acceptors (Lipinski definition) is 5. The smallest absolute Gasteiger partial charge is 0.321 e. The lowest BCUT2D eigenvalue weighted by atomic mass is 9.97. The lowest BCUT2D eigenvalue weighted by molar-refractivity contribution is -0.152. The molecule has 1 aliphatic heterocycles. The lowest BCUT2D eigenvalue weighted by Crippen LogP contribution is -2.43. The maximum atomic E-state index is 12.3. The van der Waals surface area contributed by atoms with Crippen LogP contribution < -0.4 is 15.4 Å². The van der Waals surface area contributed by atoms with Crippen molar-refractivity contribution < 1.29 is 23.9 Å². The van der Waals surface area contributed by atoms with Gasteiger partial charge in [0.1, 0.15) is 5.75 Å². The SMILES string of the molecule is COc1cccc(NC(=O)COC(=O)C2CCN(C(=O)Nc3ccccc3)CC2)c1. The summed E-state index contributed by atoms with van der Waals surface area (Å²) in [6, 6.07) is 15.9. The Hall–Kier alpha value is -3.55. The molecular weight excluding hydrogens is 386 g/mol. The minimum absolute atomic E-state index is 0.189. The zero-order valence-electron chi connectivity index (χ0n) is 16.8. The Bertz CT molecular complexity index is 879. The molecule has 0 saturated carbocycles. The van der Waals surface area contributed by atoms with Crippen LogP contribution in [0.5, 0.6) is 5.75 Å². The molecule has 1 aliphatic rings. The Kier molecular flexibility index (Phi) is 7.26. The fourth-order valence-electron chi connectivity index (χ4n) is 3.19. The Morgan fingerprint density at radius 1 is 0.967 bits per heavy atom. The van der Waals surface area contributed by atoms with Gasteiger partial charge in [-0.25, -0.2) is 4.79 Å². The maximum Gasteiger partial charge on any atom is 0.321 e. The van der Waals surface area contributed by atoms with Crippen molar-refractivity contribution in [3.63, 3.8) is 0 Å². The second-order valence-corrected chi connectivity index (χ2v) is 6.95. The number of benzene rings is 2. The zero-order chi connectivity index (χ0) is 21.3. The van der Waals surface area contributed by atoms with Crippen LogP contribution in [0.4, 0.5) is 16.2 Å². The highest BCUT2D eigenvalue weighted by Gasteiger charge is 2.28. The van der Waals surface area contributed by atoms with Gasteiger partial charge in [-0.3, -0.25) is 9.59 Å². The van der Waals surface area contributed by atoms with Crippen molar-refractivity contribution in [2.75, 3.05) is 37.4 Å². The van der Waals surface area contributed by atoms with Gasteiger partial charge in [-0.05, 0) is 37.1 Å². The van der Waals surface area contributed by atoms with Crippen molar-refractivity contribution in [1.29, 1.82) is 0 Å². The molecule has 2 aromatic rings. The van der Waals surface area contributed by atoms with Crippen LogP contribution in [0, 0.1) is 5.92 Å². The molecule has 0 spiro atoms. The standard InChI is InChI=1S/C22H25N3O5/c1-29-19-9-5-8-18(14-19)23-20(26)15-30-21(27)16-10-12-25(13-11-16)22(28)24-17-6-3-2-4-7-17/h2-9,14,16H,10-13,15H2,1H3,(H,23,26)(H,24,28). The molecule has 1 saturated heterocycles. The topological polar surface area (TPSA) is 97.0 Å². The van der Waals surface area contributed by atoms with E-state index in [1.807, 2.05) is 30.3 Å². The Morgan fingerprint density at radius 2 is 1.67 bits per heavy atom. The molecule has 0 radical (unpaired) electrons. The number of carbonyl (C=O) groups is 3. The molecule has 1 fully saturated rings. The summed E-state index contributed by atoms with van der Waals surface area (Å²) in [6.45, 7) is 0.549. The number of piperidine rings is 1. The molecule has 8 nitrogen and oxygen atoms in total. The number of hydrogen-bond donors (Lipinski definition) is 2. The van der Waals surface area contributed by atoms with E-state index in [0.717, 1.165) is 5.69 Å². The maximum absolute atomic E-state index is 12.3. The van der Waals surface area contributed by atoms with Gasteiger partial charge in [0.2, 0.25) is 0 Å². The summed E-state index contributed by atoms with van der Waals surface area (Å²) in [6.07, 6.45) is 0.997. The van der Waals surface area contributed by atoms with Gasteiger partial charge < -0.3 is 25.0 Å². The molecular formula is C22H25N3O5. The Morgan fingerprint density at radius 3 is 2.37 bits per heavy atom. The van der Waals surface area contributed by atoms with Gasteiger partial charge in [-0.2, -0.15) is 0 Å². The predicted molar refractivity (Wildman–Crippen MR) is 112 cm³/mol. The van der Waals surface area contributed by atoms with Crippen molar-refractivity contribution >= 4 is 29.3 Å². The fraction of sp³-hybridized carbons (Fsp3) is 0.318. The number of amides is 3. The second-order valence-electron chi connectivity index (χ2n) is 6.95. The highest BCUT2D eigenvalue weighted by atomic mass is 16.5. The van der Waals surface area contributed by atoms with E-state index in [1.54, 1.807) is 36.3 Å². The molecule has 3 amide bonds. The molecule has 0 bridgehead atoms. The Labute approximate surface area is 175 Å². The van der Waals surface area contributed by atoms with Crippen molar-refractivity contribution in [2.45, 2.75) is 12.8 Å². The van der Waals surface area contributed by atoms with Gasteiger partial charge in [0.25, 0.3) is 5.91 Å². The van der Waals surface area contributed by atoms with E-state index in [9.17, 15) is 14.4 Å². The Balaban J connectivity index is 1.39. The van der Waals surface area contributed by atoms with Crippen molar-refractivity contribution in [3.8, 4) is 5.75 Å². The molecule has 2 aromatic carbocycles. The monoisotopic (exact) mass is 411 g/mol. The van der Waals surface area contributed by atoms with Crippen molar-refractivity contribution in [1.82, 2.24) is 4.90 Å². The van der Waals surface area contributed by atoms with E-state index in [-0.39, 0.29) is 18.6 Å². The van der Waals surface area contributed by atoms with Gasteiger partial charge >= 0.3 is 12.0 Å². The van der Waals surface area contributed by atoms with Crippen LogP contribution in [0.15, 0.2) is 54.6 Å². The first-order chi connectivity index (χ1) is 14.5. The number of likely N-dealkylation sites (tertiary alicyclic amines) is 1. The van der Waals surface area contributed by atoms with Crippen LogP contribution in [-0.4, -0.2) is 49.6 Å². The number of methoxy groups -OCH3 is 1. The number of anilines is 2. The largest absolute Gasteiger partial charge is 0.497 e. The van der Waals surface area contributed by atoms with E-state index in [2.05, 4.69) is 10.6 Å². The summed E-state index contributed by atoms with van der Waals surface area (Å²) >= 11 is 0. The summed E-state index contributed by atoms with van der Waals surface area (Å²) in [4.78, 5) is 38.3. The van der Waals surface area contributed by atoms with Gasteiger partial charge in [0.05, 0.1) is 13.0 Å². The van der Waals surface area contributed by atoms with Crippen LogP contribution in [0.2, 0.25) is 0 Å². The van der Waals surface area contributed by atoms with Crippen LogP contribution in [-0.2, 0) is 14.3 Å². The van der Waals surface area contributed by atoms with E-state index in [1.165, 1.54) is 0 Å². The molecule has 8 heteroatoms. The van der Waals surface area contributed by atoms with E-state index in [0.29, 0.717) is 37.4 Å². The zero-order valence-corrected chi connectivity index (χ0v) is 16.8. The van der Waals surface area contributed by atoms with Crippen LogP contribution in [0.25, 0.3) is 0 Å². The van der Waals surface area contributed by atoms with Gasteiger partial charge in [-0.15, -0.1) is 0 Å². The molecule has 0 aliphatic carbocycles. The average Bonchev–Trinajstić information content (AvgIpc) is 2.78. The molecule has 0 atom stereocenters. The summed E-state index contributed by atoms with van der Waals surface area (Å²) < 4.78 is 10.3. The van der Waals surface area contributed by atoms with Crippen molar-refractivity contribution in [2.24, 2.45) is 5.92 Å². The molecule has 30 heavy (non-hydrogen) atoms. The van der Waals surface area contributed by atoms with Gasteiger partial charge in [0.15, 0.2) is 6.61 Å². The number of rotatable bonds is 6. The van der Waals surface area contributed by atoms with Crippen LogP contribution >= 0.6 is 0 Å². The summed E-state index contributed by atoms with van der Waals surface area (Å²) in [5.74, 6) is -0.543. The molecule has 0 aromatic heterocycles. The third kappa shape index (κ3) is 5.97. The number of ether oxygens (including phenoxy) is 2. The van der Waals surface area contributed by atoms with E-state index < -0.39 is 11.9 Å². The fourth-order valence-corrected chi connectivity index (χ4v) is 3.19. The van der Waals surface area contributed by atoms with E-state index >= 15 is 0 Å². The van der Waals surface area contributed by atoms with Crippen molar-refractivity contribution in [3.05, 3.63) is 54.6 Å². The summed E-state index contributed by atoms with van der Waals surface area (Å²) in [5.41, 5.74) is 1.29. The first kappa shape index (κ1) is 21.2. The second kappa shape index (κ2) is 10.3. The van der Waals surface area contributed by atoms with Gasteiger partial charge in [-0.1, -0.05) is 24.3 Å². The molecule has 1 heterocycles. The molecule has 0 unspecified atom stereocenters. The molecule has 3 rings (SSSR count). The molecule has 158 valence electrons. The number of urea groups is 1. The molecule has 2 N–H and O–H groups in total. The number of para-hydroxylation sites is 1. The third-order valence-corrected chi connectivity index (χ3v) is 4.84. The van der Waals surface area contributed by atoms with Gasteiger partial charge in [0, 0.05) is 30.5 Å². The minimum atomic E-state index is -0.420. The lowest BCUT2D eigenvalue weighted by Gasteiger charge is -2.30. The number of carbonyl (C=O) groups excluding carboxylic acids is 3. The minimum Gasteiger partial charge on any atom is -0.497 e. The van der Waals surface area contributed by atoms with E-state index in [4.69, 9.17) is 9.47 Å². The van der Waals surface area contributed by atoms with Crippen LogP contribution in [0.1, 0.15) is 12.8 Å². The highest BCUT2D eigenvalue weighted by Crippen LogP contribution is 2.20. The normalized spacial score (nSPS) is 14.0. The summed E-state index contributed by atoms with van der Waals surface area (Å²) in [7, 11) is 1.54. The van der Waals surface area contributed by atoms with Crippen LogP contribution in [0.3, 0.4) is 0 Å². The number of esters is 1. The average molecular weight is 411 g/mol.